The number of aliphatic hydroxyl groups is 1. The molecule has 22 heavy (non-hydrogen) atoms. The number of benzene rings is 1. The molecule has 5 nitrogen and oxygen atoms in total. The summed E-state index contributed by atoms with van der Waals surface area (Å²) >= 11 is 0. The molecule has 1 heterocycles. The van der Waals surface area contributed by atoms with Gasteiger partial charge in [0.2, 0.25) is 0 Å². The number of carbonyl (C=O) groups is 1. The van der Waals surface area contributed by atoms with E-state index in [1.165, 1.54) is 12.1 Å². The number of nitrogens with one attached hydrogen (secondary N) is 1. The number of anilines is 1. The third-order valence-corrected chi connectivity index (χ3v) is 3.62. The second-order valence-corrected chi connectivity index (χ2v) is 5.88. The van der Waals surface area contributed by atoms with Crippen molar-refractivity contribution in [3.8, 4) is 5.75 Å². The second-order valence-electron chi connectivity index (χ2n) is 5.88. The summed E-state index contributed by atoms with van der Waals surface area (Å²) < 4.78 is 19.4. The summed E-state index contributed by atoms with van der Waals surface area (Å²) in [5.41, 5.74) is 0.132. The molecule has 2 amide bonds. The molecule has 2 N–H and O–H groups in total. The topological polar surface area (TPSA) is 61.8 Å². The number of carbonyl (C=O) groups excluding carboxylic acids is 1. The van der Waals surface area contributed by atoms with Crippen molar-refractivity contribution in [2.24, 2.45) is 5.92 Å². The Kier molecular flexibility index (Phi) is 5.60. The van der Waals surface area contributed by atoms with E-state index < -0.39 is 5.82 Å². The Bertz CT molecular complexity index is 522. The molecule has 0 aromatic heterocycles. The predicted molar refractivity (Wildman–Crippen MR) is 82.6 cm³/mol. The van der Waals surface area contributed by atoms with Crippen LogP contribution in [0.1, 0.15) is 26.7 Å². The number of ether oxygens (including phenoxy) is 1. The Balaban J connectivity index is 1.99. The molecule has 0 saturated carbocycles. The molecule has 6 heteroatoms. The lowest BCUT2D eigenvalue weighted by Gasteiger charge is -2.31. The van der Waals surface area contributed by atoms with E-state index in [4.69, 9.17) is 4.74 Å². The molecule has 1 atom stereocenters. The van der Waals surface area contributed by atoms with E-state index in [0.29, 0.717) is 18.8 Å². The Morgan fingerprint density at radius 3 is 2.95 bits per heavy atom. The van der Waals surface area contributed by atoms with E-state index in [0.717, 1.165) is 12.8 Å². The first kappa shape index (κ1) is 16.5. The van der Waals surface area contributed by atoms with Gasteiger partial charge in [-0.2, -0.15) is 0 Å². The fourth-order valence-corrected chi connectivity index (χ4v) is 2.54. The first-order chi connectivity index (χ1) is 10.5. The van der Waals surface area contributed by atoms with Crippen LogP contribution in [0.4, 0.5) is 14.9 Å². The molecule has 2 rings (SSSR count). The number of piperidine rings is 1. The molecule has 0 spiro atoms. The van der Waals surface area contributed by atoms with Gasteiger partial charge in [-0.15, -0.1) is 0 Å². The summed E-state index contributed by atoms with van der Waals surface area (Å²) in [6, 6.07) is 4.06. The van der Waals surface area contributed by atoms with Crippen LogP contribution >= 0.6 is 0 Å². The summed E-state index contributed by atoms with van der Waals surface area (Å²) in [5.74, 6) is 0.0113. The zero-order valence-electron chi connectivity index (χ0n) is 13.0. The molecule has 1 aromatic carbocycles. The van der Waals surface area contributed by atoms with Crippen molar-refractivity contribution >= 4 is 11.7 Å². The van der Waals surface area contributed by atoms with E-state index in [2.05, 4.69) is 5.32 Å². The Hall–Kier alpha value is -1.82. The van der Waals surface area contributed by atoms with E-state index in [9.17, 15) is 14.3 Å². The molecular formula is C16H23FN2O3. The van der Waals surface area contributed by atoms with Gasteiger partial charge in [-0.05, 0) is 44.7 Å². The van der Waals surface area contributed by atoms with E-state index in [1.807, 2.05) is 13.8 Å². The largest absolute Gasteiger partial charge is 0.491 e. The summed E-state index contributed by atoms with van der Waals surface area (Å²) in [6.45, 7) is 4.92. The minimum atomic E-state index is -0.526. The molecule has 0 radical (unpaired) electrons. The standard InChI is InChI=1S/C16H23FN2O3/c1-11(2)22-13-5-6-15(14(17)8-13)18-16(21)19-7-3-4-12(9-19)10-20/h5-6,8,11-12,20H,3-4,7,9-10H2,1-2H3,(H,18,21). The van der Waals surface area contributed by atoms with Crippen LogP contribution < -0.4 is 10.1 Å². The molecule has 1 fully saturated rings. The van der Waals surface area contributed by atoms with Crippen LogP contribution in [-0.2, 0) is 0 Å². The molecule has 1 saturated heterocycles. The van der Waals surface area contributed by atoms with Crippen LogP contribution in [0, 0.1) is 11.7 Å². The first-order valence-corrected chi connectivity index (χ1v) is 7.62. The van der Waals surface area contributed by atoms with Crippen LogP contribution in [0.2, 0.25) is 0 Å². The van der Waals surface area contributed by atoms with Crippen molar-refractivity contribution in [2.75, 3.05) is 25.0 Å². The minimum absolute atomic E-state index is 0.0383. The molecule has 0 bridgehead atoms. The highest BCUT2D eigenvalue weighted by Gasteiger charge is 2.23. The molecule has 1 unspecified atom stereocenters. The van der Waals surface area contributed by atoms with Gasteiger partial charge in [0.1, 0.15) is 11.6 Å². The van der Waals surface area contributed by atoms with Crippen LogP contribution in [-0.4, -0.2) is 41.8 Å². The molecular weight excluding hydrogens is 287 g/mol. The normalized spacial score (nSPS) is 18.4. The van der Waals surface area contributed by atoms with Crippen LogP contribution in [0.25, 0.3) is 0 Å². The highest BCUT2D eigenvalue weighted by Crippen LogP contribution is 2.23. The van der Waals surface area contributed by atoms with Gasteiger partial charge in [-0.3, -0.25) is 0 Å². The third-order valence-electron chi connectivity index (χ3n) is 3.62. The third kappa shape index (κ3) is 4.34. The van der Waals surface area contributed by atoms with E-state index in [-0.39, 0.29) is 30.3 Å². The van der Waals surface area contributed by atoms with Gasteiger partial charge in [0.05, 0.1) is 11.8 Å². The quantitative estimate of drug-likeness (QED) is 0.899. The zero-order chi connectivity index (χ0) is 16.1. The van der Waals surface area contributed by atoms with Gasteiger partial charge in [0.25, 0.3) is 0 Å². The van der Waals surface area contributed by atoms with Gasteiger partial charge in [-0.25, -0.2) is 9.18 Å². The predicted octanol–water partition coefficient (Wildman–Crippen LogP) is 2.85. The lowest BCUT2D eigenvalue weighted by molar-refractivity contribution is 0.136. The molecule has 0 aliphatic carbocycles. The number of aliphatic hydroxyl groups excluding tert-OH is 1. The van der Waals surface area contributed by atoms with Crippen molar-refractivity contribution in [3.63, 3.8) is 0 Å². The number of nitrogens with zero attached hydrogens (tertiary/aromatic N) is 1. The second kappa shape index (κ2) is 7.45. The lowest BCUT2D eigenvalue weighted by Crippen LogP contribution is -2.43. The summed E-state index contributed by atoms with van der Waals surface area (Å²) in [6.07, 6.45) is 1.72. The van der Waals surface area contributed by atoms with Crippen molar-refractivity contribution < 1.29 is 19.0 Å². The van der Waals surface area contributed by atoms with Gasteiger partial charge in [-0.1, -0.05) is 0 Å². The first-order valence-electron chi connectivity index (χ1n) is 7.62. The minimum Gasteiger partial charge on any atom is -0.491 e. The maximum absolute atomic E-state index is 14.0. The smallest absolute Gasteiger partial charge is 0.321 e. The van der Waals surface area contributed by atoms with Crippen molar-refractivity contribution in [1.82, 2.24) is 4.90 Å². The fraction of sp³-hybridized carbons (Fsp3) is 0.562. The lowest BCUT2D eigenvalue weighted by atomic mass is 9.99. The maximum atomic E-state index is 14.0. The number of hydrogen-bond acceptors (Lipinski definition) is 3. The van der Waals surface area contributed by atoms with Crippen molar-refractivity contribution in [2.45, 2.75) is 32.8 Å². The SMILES string of the molecule is CC(C)Oc1ccc(NC(=O)N2CCCC(CO)C2)c(F)c1. The molecule has 1 aromatic rings. The van der Waals surface area contributed by atoms with Crippen LogP contribution in [0.3, 0.4) is 0 Å². The number of halogens is 1. The molecule has 1 aliphatic heterocycles. The highest BCUT2D eigenvalue weighted by atomic mass is 19.1. The average Bonchev–Trinajstić information content (AvgIpc) is 2.49. The number of amides is 2. The highest BCUT2D eigenvalue weighted by molar-refractivity contribution is 5.89. The monoisotopic (exact) mass is 310 g/mol. The fourth-order valence-electron chi connectivity index (χ4n) is 2.54. The maximum Gasteiger partial charge on any atom is 0.321 e. The number of likely N-dealkylation sites (tertiary alicyclic amines) is 1. The van der Waals surface area contributed by atoms with Crippen molar-refractivity contribution in [1.29, 1.82) is 0 Å². The van der Waals surface area contributed by atoms with E-state index >= 15 is 0 Å². The summed E-state index contributed by atoms with van der Waals surface area (Å²) in [4.78, 5) is 13.8. The average molecular weight is 310 g/mol. The van der Waals surface area contributed by atoms with Crippen LogP contribution in [0.15, 0.2) is 18.2 Å². The number of urea groups is 1. The van der Waals surface area contributed by atoms with E-state index in [1.54, 1.807) is 11.0 Å². The van der Waals surface area contributed by atoms with Gasteiger partial charge >= 0.3 is 6.03 Å². The summed E-state index contributed by atoms with van der Waals surface area (Å²) in [5, 5.41) is 11.8. The zero-order valence-corrected chi connectivity index (χ0v) is 13.0. The number of rotatable bonds is 4. The van der Waals surface area contributed by atoms with Gasteiger partial charge in [0, 0.05) is 25.8 Å². The van der Waals surface area contributed by atoms with Gasteiger partial charge < -0.3 is 20.1 Å². The Morgan fingerprint density at radius 2 is 2.32 bits per heavy atom. The molecule has 1 aliphatic rings. The van der Waals surface area contributed by atoms with Crippen molar-refractivity contribution in [3.05, 3.63) is 24.0 Å². The van der Waals surface area contributed by atoms with Gasteiger partial charge in [0.15, 0.2) is 0 Å². The summed E-state index contributed by atoms with van der Waals surface area (Å²) in [7, 11) is 0. The Labute approximate surface area is 130 Å². The number of hydrogen-bond donors (Lipinski definition) is 2. The van der Waals surface area contributed by atoms with Crippen LogP contribution in [0.5, 0.6) is 5.75 Å². The Morgan fingerprint density at radius 1 is 1.55 bits per heavy atom. The molecule has 122 valence electrons.